The standard InChI is InChI=1S/C23H24ClN3O5/c1-13-21(24)14(2)27(26-13)17-8-6-16(7-9-17)23(29)32-15(3)22(28)25-19-12-18(30-4)10-11-20(19)31-5/h6-12,15H,1-5H3,(H,25,28). The first kappa shape index (κ1) is 23.1. The van der Waals surface area contributed by atoms with Gasteiger partial charge in [0.05, 0.1) is 47.6 Å². The van der Waals surface area contributed by atoms with Crippen LogP contribution in [0, 0.1) is 13.8 Å². The monoisotopic (exact) mass is 457 g/mol. The van der Waals surface area contributed by atoms with Crippen LogP contribution in [0.15, 0.2) is 42.5 Å². The van der Waals surface area contributed by atoms with Crippen molar-refractivity contribution < 1.29 is 23.8 Å². The molecule has 3 rings (SSSR count). The van der Waals surface area contributed by atoms with Crippen LogP contribution in [0.25, 0.3) is 5.69 Å². The molecule has 1 atom stereocenters. The highest BCUT2D eigenvalue weighted by Gasteiger charge is 2.21. The van der Waals surface area contributed by atoms with Gasteiger partial charge in [-0.2, -0.15) is 5.10 Å². The van der Waals surface area contributed by atoms with Gasteiger partial charge in [-0.15, -0.1) is 0 Å². The molecule has 0 saturated carbocycles. The SMILES string of the molecule is COc1ccc(OC)c(NC(=O)C(C)OC(=O)c2ccc(-n3nc(C)c(Cl)c3C)cc2)c1. The van der Waals surface area contributed by atoms with Crippen LogP contribution < -0.4 is 14.8 Å². The number of carbonyl (C=O) groups is 2. The van der Waals surface area contributed by atoms with Gasteiger partial charge in [0, 0.05) is 6.07 Å². The molecule has 2 aromatic carbocycles. The smallest absolute Gasteiger partial charge is 0.338 e. The van der Waals surface area contributed by atoms with Crippen molar-refractivity contribution >= 4 is 29.2 Å². The number of anilines is 1. The van der Waals surface area contributed by atoms with E-state index >= 15 is 0 Å². The van der Waals surface area contributed by atoms with Gasteiger partial charge in [0.25, 0.3) is 5.91 Å². The topological polar surface area (TPSA) is 91.7 Å². The predicted octanol–water partition coefficient (Wildman–Crippen LogP) is 4.34. The zero-order valence-electron chi connectivity index (χ0n) is 18.4. The number of ether oxygens (including phenoxy) is 3. The second-order valence-corrected chi connectivity index (χ2v) is 7.42. The third kappa shape index (κ3) is 4.86. The summed E-state index contributed by atoms with van der Waals surface area (Å²) in [5.41, 5.74) is 3.00. The molecule has 1 aromatic heterocycles. The van der Waals surface area contributed by atoms with Crippen LogP contribution in [0.4, 0.5) is 5.69 Å². The highest BCUT2D eigenvalue weighted by Crippen LogP contribution is 2.29. The van der Waals surface area contributed by atoms with E-state index in [-0.39, 0.29) is 0 Å². The summed E-state index contributed by atoms with van der Waals surface area (Å²) in [5, 5.41) is 7.68. The summed E-state index contributed by atoms with van der Waals surface area (Å²) >= 11 is 6.20. The van der Waals surface area contributed by atoms with Crippen molar-refractivity contribution in [2.75, 3.05) is 19.5 Å². The molecule has 8 nitrogen and oxygen atoms in total. The molecule has 0 aliphatic heterocycles. The van der Waals surface area contributed by atoms with Crippen molar-refractivity contribution in [2.45, 2.75) is 26.9 Å². The number of aromatic nitrogens is 2. The lowest BCUT2D eigenvalue weighted by Crippen LogP contribution is -2.30. The minimum Gasteiger partial charge on any atom is -0.497 e. The molecule has 0 spiro atoms. The van der Waals surface area contributed by atoms with E-state index < -0.39 is 18.0 Å². The second-order valence-electron chi connectivity index (χ2n) is 7.05. The van der Waals surface area contributed by atoms with Crippen molar-refractivity contribution in [3.8, 4) is 17.2 Å². The van der Waals surface area contributed by atoms with Crippen molar-refractivity contribution in [3.05, 3.63) is 64.4 Å². The number of aryl methyl sites for hydroxylation is 1. The molecule has 0 radical (unpaired) electrons. The molecule has 1 amide bonds. The fraction of sp³-hybridized carbons (Fsp3) is 0.261. The predicted molar refractivity (Wildman–Crippen MR) is 121 cm³/mol. The van der Waals surface area contributed by atoms with Crippen LogP contribution >= 0.6 is 11.6 Å². The summed E-state index contributed by atoms with van der Waals surface area (Å²) in [6.07, 6.45) is -1.03. The molecular weight excluding hydrogens is 434 g/mol. The number of benzene rings is 2. The maximum Gasteiger partial charge on any atom is 0.338 e. The van der Waals surface area contributed by atoms with E-state index in [9.17, 15) is 9.59 Å². The van der Waals surface area contributed by atoms with E-state index in [0.29, 0.717) is 27.8 Å². The molecule has 1 N–H and O–H groups in total. The maximum atomic E-state index is 12.5. The van der Waals surface area contributed by atoms with Gasteiger partial charge in [0.2, 0.25) is 0 Å². The fourth-order valence-electron chi connectivity index (χ4n) is 3.04. The summed E-state index contributed by atoms with van der Waals surface area (Å²) in [5.74, 6) is -0.116. The number of hydrogen-bond donors (Lipinski definition) is 1. The normalized spacial score (nSPS) is 11.6. The Hall–Kier alpha value is -3.52. The summed E-state index contributed by atoms with van der Waals surface area (Å²) in [7, 11) is 3.01. The van der Waals surface area contributed by atoms with Gasteiger partial charge in [-0.05, 0) is 57.2 Å². The van der Waals surface area contributed by atoms with Gasteiger partial charge >= 0.3 is 5.97 Å². The van der Waals surface area contributed by atoms with E-state index in [0.717, 1.165) is 17.1 Å². The van der Waals surface area contributed by atoms with Crippen LogP contribution in [-0.4, -0.2) is 42.0 Å². The van der Waals surface area contributed by atoms with Gasteiger partial charge < -0.3 is 19.5 Å². The molecule has 0 bridgehead atoms. The van der Waals surface area contributed by atoms with Gasteiger partial charge in [0.1, 0.15) is 11.5 Å². The number of amides is 1. The Morgan fingerprint density at radius 3 is 2.31 bits per heavy atom. The summed E-state index contributed by atoms with van der Waals surface area (Å²) < 4.78 is 17.4. The number of nitrogens with zero attached hydrogens (tertiary/aromatic N) is 2. The summed E-state index contributed by atoms with van der Waals surface area (Å²) in [4.78, 5) is 25.1. The van der Waals surface area contributed by atoms with Crippen LogP contribution in [0.3, 0.4) is 0 Å². The van der Waals surface area contributed by atoms with Gasteiger partial charge in [-0.3, -0.25) is 4.79 Å². The molecule has 32 heavy (non-hydrogen) atoms. The Kier molecular flexibility index (Phi) is 7.05. The van der Waals surface area contributed by atoms with E-state index in [2.05, 4.69) is 10.4 Å². The number of nitrogens with one attached hydrogen (secondary N) is 1. The van der Waals surface area contributed by atoms with Crippen molar-refractivity contribution in [3.63, 3.8) is 0 Å². The van der Waals surface area contributed by atoms with Gasteiger partial charge in [-0.1, -0.05) is 11.6 Å². The molecule has 0 saturated heterocycles. The Labute approximate surface area is 191 Å². The molecule has 9 heteroatoms. The molecule has 0 aliphatic carbocycles. The average molecular weight is 458 g/mol. The number of esters is 1. The Morgan fingerprint density at radius 1 is 1.06 bits per heavy atom. The first-order valence-electron chi connectivity index (χ1n) is 9.81. The zero-order valence-corrected chi connectivity index (χ0v) is 19.2. The lowest BCUT2D eigenvalue weighted by atomic mass is 10.2. The number of methoxy groups -OCH3 is 2. The number of carbonyl (C=O) groups excluding carboxylic acids is 2. The number of rotatable bonds is 7. The molecule has 3 aromatic rings. The maximum absolute atomic E-state index is 12.5. The van der Waals surface area contributed by atoms with E-state index in [1.807, 2.05) is 13.8 Å². The van der Waals surface area contributed by atoms with Crippen LogP contribution in [-0.2, 0) is 9.53 Å². The fourth-order valence-corrected chi connectivity index (χ4v) is 3.16. The van der Waals surface area contributed by atoms with Gasteiger partial charge in [0.15, 0.2) is 6.10 Å². The first-order valence-corrected chi connectivity index (χ1v) is 10.2. The minimum absolute atomic E-state index is 0.306. The van der Waals surface area contributed by atoms with E-state index in [4.69, 9.17) is 25.8 Å². The van der Waals surface area contributed by atoms with Gasteiger partial charge in [-0.25, -0.2) is 9.48 Å². The number of hydrogen-bond acceptors (Lipinski definition) is 6. The highest BCUT2D eigenvalue weighted by atomic mass is 35.5. The lowest BCUT2D eigenvalue weighted by molar-refractivity contribution is -0.123. The Bertz CT molecular complexity index is 1140. The highest BCUT2D eigenvalue weighted by molar-refractivity contribution is 6.31. The molecule has 1 unspecified atom stereocenters. The minimum atomic E-state index is -1.03. The lowest BCUT2D eigenvalue weighted by Gasteiger charge is -2.16. The average Bonchev–Trinajstić information content (AvgIpc) is 3.06. The van der Waals surface area contributed by atoms with Crippen molar-refractivity contribution in [1.82, 2.24) is 9.78 Å². The third-order valence-electron chi connectivity index (χ3n) is 4.87. The molecule has 168 valence electrons. The van der Waals surface area contributed by atoms with Crippen LogP contribution in [0.1, 0.15) is 28.7 Å². The largest absolute Gasteiger partial charge is 0.497 e. The molecular formula is C23H24ClN3O5. The van der Waals surface area contributed by atoms with E-state index in [1.54, 1.807) is 47.1 Å². The van der Waals surface area contributed by atoms with Crippen LogP contribution in [0.5, 0.6) is 11.5 Å². The van der Waals surface area contributed by atoms with Crippen molar-refractivity contribution in [2.24, 2.45) is 0 Å². The van der Waals surface area contributed by atoms with E-state index in [1.165, 1.54) is 21.1 Å². The molecule has 0 aliphatic rings. The Morgan fingerprint density at radius 2 is 1.75 bits per heavy atom. The zero-order chi connectivity index (χ0) is 23.4. The third-order valence-corrected chi connectivity index (χ3v) is 5.42. The Balaban J connectivity index is 1.67. The summed E-state index contributed by atoms with van der Waals surface area (Å²) in [6.45, 7) is 5.18. The molecule has 1 heterocycles. The first-order chi connectivity index (χ1) is 15.2. The molecule has 0 fully saturated rings. The van der Waals surface area contributed by atoms with Crippen LogP contribution in [0.2, 0.25) is 5.02 Å². The van der Waals surface area contributed by atoms with Crippen molar-refractivity contribution in [1.29, 1.82) is 0 Å². The second kappa shape index (κ2) is 9.74. The quantitative estimate of drug-likeness (QED) is 0.530. The summed E-state index contributed by atoms with van der Waals surface area (Å²) in [6, 6.07) is 11.7. The number of halogens is 1.